The van der Waals surface area contributed by atoms with Crippen LogP contribution in [-0.4, -0.2) is 21.5 Å². The summed E-state index contributed by atoms with van der Waals surface area (Å²) in [6.07, 6.45) is -0.997. The Morgan fingerprint density at radius 1 is 1.33 bits per heavy atom. The second-order valence-corrected chi connectivity index (χ2v) is 7.09. The number of nitrogens with zero attached hydrogens (tertiary/aromatic N) is 3. The van der Waals surface area contributed by atoms with E-state index >= 15 is 0 Å². The second-order valence-electron chi connectivity index (χ2n) is 6.14. The first-order valence-corrected chi connectivity index (χ1v) is 9.17. The Labute approximate surface area is 157 Å². The first-order valence-electron chi connectivity index (χ1n) is 8.29. The molecule has 1 amide bonds. The number of halogens is 3. The zero-order chi connectivity index (χ0) is 19.6. The van der Waals surface area contributed by atoms with Gasteiger partial charge in [-0.15, -0.1) is 11.3 Å². The molecule has 0 fully saturated rings. The number of hydrogen-bond donors (Lipinski definition) is 2. The maximum Gasteiger partial charge on any atom is 0.435 e. The number of aliphatic imine (C=N–C) groups is 1. The molecule has 1 aliphatic rings. The number of amides is 1. The van der Waals surface area contributed by atoms with Gasteiger partial charge in [-0.25, -0.2) is 0 Å². The Morgan fingerprint density at radius 3 is 2.74 bits per heavy atom. The summed E-state index contributed by atoms with van der Waals surface area (Å²) in [6, 6.07) is 3.61. The zero-order valence-corrected chi connectivity index (χ0v) is 15.1. The fraction of sp³-hybridized carbons (Fsp3) is 0.353. The minimum absolute atomic E-state index is 0.108. The molecule has 0 unspecified atom stereocenters. The smallest absolute Gasteiger partial charge is 0.397 e. The summed E-state index contributed by atoms with van der Waals surface area (Å²) in [6.45, 7) is -0.397. The first kappa shape index (κ1) is 19.2. The van der Waals surface area contributed by atoms with Crippen molar-refractivity contribution in [3.63, 3.8) is 0 Å². The normalized spacial score (nSPS) is 15.7. The van der Waals surface area contributed by atoms with Crippen molar-refractivity contribution < 1.29 is 18.0 Å². The summed E-state index contributed by atoms with van der Waals surface area (Å²) in [5, 5.41) is 5.48. The first-order chi connectivity index (χ1) is 12.8. The van der Waals surface area contributed by atoms with E-state index in [0.29, 0.717) is 30.7 Å². The van der Waals surface area contributed by atoms with Gasteiger partial charge in [0.15, 0.2) is 5.69 Å². The molecule has 0 aromatic carbocycles. The van der Waals surface area contributed by atoms with Crippen LogP contribution in [0.3, 0.4) is 0 Å². The summed E-state index contributed by atoms with van der Waals surface area (Å²) in [4.78, 5) is 16.6. The molecule has 3 rings (SSSR count). The van der Waals surface area contributed by atoms with Gasteiger partial charge in [0.2, 0.25) is 0 Å². The topological polar surface area (TPSA) is 99.3 Å². The predicted octanol–water partition coefficient (Wildman–Crippen LogP) is 2.73. The van der Waals surface area contributed by atoms with Crippen molar-refractivity contribution >= 4 is 28.8 Å². The summed E-state index contributed by atoms with van der Waals surface area (Å²) in [5.74, 6) is -0.796. The molecule has 0 radical (unpaired) electrons. The number of carbonyl (C=O) groups is 1. The van der Waals surface area contributed by atoms with Crippen LogP contribution in [-0.2, 0) is 30.4 Å². The minimum Gasteiger partial charge on any atom is -0.397 e. The Hall–Kier alpha value is -2.62. The standard InChI is InChI=1S/C17H18F3N5OS/c18-17(19,20)16-10-4-1-2-5-12(10)25(24-16)9-15(26)23-14(22)8-11(21)13-6-3-7-27-13/h3,6-8H,1-2,4-5,9,21H2,(H2,22,23,26). The maximum absolute atomic E-state index is 13.2. The highest BCUT2D eigenvalue weighted by atomic mass is 32.1. The van der Waals surface area contributed by atoms with Gasteiger partial charge in [-0.1, -0.05) is 6.07 Å². The number of hydrogen-bond acceptors (Lipinski definition) is 4. The number of nitrogens with two attached hydrogens (primary N) is 2. The highest BCUT2D eigenvalue weighted by molar-refractivity contribution is 7.11. The van der Waals surface area contributed by atoms with Gasteiger partial charge in [0, 0.05) is 17.3 Å². The number of aromatic nitrogens is 2. The average Bonchev–Trinajstić information content (AvgIpc) is 3.22. The monoisotopic (exact) mass is 397 g/mol. The largest absolute Gasteiger partial charge is 0.435 e. The number of fused-ring (bicyclic) bond motifs is 1. The Bertz CT molecular complexity index is 897. The Balaban J connectivity index is 1.80. The molecule has 1 aliphatic carbocycles. The SMILES string of the molecule is NC(=CC(N)=NC(=O)Cn1nc(C(F)(F)F)c2c1CCCC2)c1cccs1. The van der Waals surface area contributed by atoms with Crippen molar-refractivity contribution in [2.24, 2.45) is 16.5 Å². The second kappa shape index (κ2) is 7.55. The Morgan fingerprint density at radius 2 is 2.07 bits per heavy atom. The lowest BCUT2D eigenvalue weighted by atomic mass is 9.95. The number of carbonyl (C=O) groups excluding carboxylic acids is 1. The van der Waals surface area contributed by atoms with Crippen molar-refractivity contribution in [1.82, 2.24) is 9.78 Å². The van der Waals surface area contributed by atoms with E-state index in [1.807, 2.05) is 11.4 Å². The van der Waals surface area contributed by atoms with Crippen LogP contribution in [0.5, 0.6) is 0 Å². The van der Waals surface area contributed by atoms with Crippen molar-refractivity contribution in [1.29, 1.82) is 0 Å². The number of alkyl halides is 3. The molecule has 2 heterocycles. The lowest BCUT2D eigenvalue weighted by Gasteiger charge is -2.14. The van der Waals surface area contributed by atoms with Gasteiger partial charge in [-0.05, 0) is 37.1 Å². The van der Waals surface area contributed by atoms with Crippen LogP contribution in [0.2, 0.25) is 0 Å². The van der Waals surface area contributed by atoms with Crippen LogP contribution in [0.1, 0.15) is 34.7 Å². The zero-order valence-electron chi connectivity index (χ0n) is 14.3. The lowest BCUT2D eigenvalue weighted by Crippen LogP contribution is -2.18. The summed E-state index contributed by atoms with van der Waals surface area (Å²) in [5.41, 5.74) is 11.7. The van der Waals surface area contributed by atoms with E-state index in [1.54, 1.807) is 6.07 Å². The molecule has 0 saturated heterocycles. The number of rotatable bonds is 4. The van der Waals surface area contributed by atoms with Gasteiger partial charge in [-0.2, -0.15) is 23.3 Å². The fourth-order valence-corrected chi connectivity index (χ4v) is 3.70. The van der Waals surface area contributed by atoms with Gasteiger partial charge in [-0.3, -0.25) is 9.48 Å². The van der Waals surface area contributed by atoms with E-state index in [-0.39, 0.29) is 11.4 Å². The molecule has 0 bridgehead atoms. The third-order valence-electron chi connectivity index (χ3n) is 4.17. The molecule has 144 valence electrons. The van der Waals surface area contributed by atoms with Gasteiger partial charge >= 0.3 is 6.18 Å². The number of amidine groups is 1. The molecular weight excluding hydrogens is 379 g/mol. The minimum atomic E-state index is -4.55. The Kier molecular flexibility index (Phi) is 5.36. The van der Waals surface area contributed by atoms with Gasteiger partial charge in [0.25, 0.3) is 5.91 Å². The molecule has 4 N–H and O–H groups in total. The molecule has 2 aromatic heterocycles. The molecule has 0 aliphatic heterocycles. The van der Waals surface area contributed by atoms with Crippen molar-refractivity contribution in [3.05, 3.63) is 45.4 Å². The molecular formula is C17H18F3N5OS. The van der Waals surface area contributed by atoms with Crippen LogP contribution in [0, 0.1) is 0 Å². The van der Waals surface area contributed by atoms with E-state index in [2.05, 4.69) is 10.1 Å². The summed E-state index contributed by atoms with van der Waals surface area (Å²) < 4.78 is 40.7. The molecule has 0 atom stereocenters. The van der Waals surface area contributed by atoms with Crippen LogP contribution in [0.4, 0.5) is 13.2 Å². The van der Waals surface area contributed by atoms with E-state index in [0.717, 1.165) is 16.0 Å². The van der Waals surface area contributed by atoms with Crippen LogP contribution < -0.4 is 11.5 Å². The predicted molar refractivity (Wildman–Crippen MR) is 97.0 cm³/mol. The maximum atomic E-state index is 13.2. The van der Waals surface area contributed by atoms with E-state index in [4.69, 9.17) is 11.5 Å². The molecule has 10 heteroatoms. The van der Waals surface area contributed by atoms with E-state index in [9.17, 15) is 18.0 Å². The van der Waals surface area contributed by atoms with E-state index in [1.165, 1.54) is 17.4 Å². The summed E-state index contributed by atoms with van der Waals surface area (Å²) >= 11 is 1.41. The highest BCUT2D eigenvalue weighted by Crippen LogP contribution is 2.35. The van der Waals surface area contributed by atoms with Crippen molar-refractivity contribution in [3.8, 4) is 0 Å². The molecule has 0 saturated carbocycles. The average molecular weight is 397 g/mol. The highest BCUT2D eigenvalue weighted by Gasteiger charge is 2.39. The van der Waals surface area contributed by atoms with Gasteiger partial charge in [0.1, 0.15) is 12.4 Å². The van der Waals surface area contributed by atoms with Gasteiger partial charge < -0.3 is 11.5 Å². The van der Waals surface area contributed by atoms with Crippen molar-refractivity contribution in [2.75, 3.05) is 0 Å². The number of thiophene rings is 1. The molecule has 2 aromatic rings. The molecule has 6 nitrogen and oxygen atoms in total. The summed E-state index contributed by atoms with van der Waals surface area (Å²) in [7, 11) is 0. The van der Waals surface area contributed by atoms with Crippen molar-refractivity contribution in [2.45, 2.75) is 38.4 Å². The van der Waals surface area contributed by atoms with Crippen LogP contribution in [0.25, 0.3) is 5.70 Å². The lowest BCUT2D eigenvalue weighted by molar-refractivity contribution is -0.142. The quantitative estimate of drug-likeness (QED) is 0.612. The van der Waals surface area contributed by atoms with Gasteiger partial charge in [0.05, 0.1) is 10.6 Å². The third-order valence-corrected chi connectivity index (χ3v) is 5.09. The van der Waals surface area contributed by atoms with E-state index < -0.39 is 24.3 Å². The molecule has 0 spiro atoms. The fourth-order valence-electron chi connectivity index (χ4n) is 3.04. The third kappa shape index (κ3) is 4.38. The van der Waals surface area contributed by atoms with Crippen LogP contribution in [0.15, 0.2) is 28.6 Å². The van der Waals surface area contributed by atoms with Crippen LogP contribution >= 0.6 is 11.3 Å². The molecule has 27 heavy (non-hydrogen) atoms.